The Morgan fingerprint density at radius 3 is 1.50 bits per heavy atom. The second-order valence-electron chi connectivity index (χ2n) is 1.66. The van der Waals surface area contributed by atoms with Gasteiger partial charge in [-0.3, -0.25) is 0 Å². The van der Waals surface area contributed by atoms with E-state index in [2.05, 4.69) is 35.9 Å². The molecule has 0 atom stereocenters. The third kappa shape index (κ3) is 6.53. The first-order valence-corrected chi connectivity index (χ1v) is 12.2. The number of rotatable bonds is 0. The van der Waals surface area contributed by atoms with Gasteiger partial charge in [0.1, 0.15) is 0 Å². The Hall–Kier alpha value is 1.02. The van der Waals surface area contributed by atoms with Gasteiger partial charge in [-0.1, -0.05) is 24.3 Å². The van der Waals surface area contributed by atoms with E-state index in [1.807, 2.05) is 0 Å². The lowest BCUT2D eigenvalue weighted by Crippen LogP contribution is -1.43. The zero-order valence-electron chi connectivity index (χ0n) is 6.15. The first-order valence-electron chi connectivity index (χ1n) is 3.18. The Morgan fingerprint density at radius 1 is 0.500 bits per heavy atom. The van der Waals surface area contributed by atoms with Crippen molar-refractivity contribution >= 4 is 46.0 Å². The van der Waals surface area contributed by atoms with Crippen LogP contribution in [0.5, 0.6) is 0 Å². The highest BCUT2D eigenvalue weighted by atomic mass is 32.5. The summed E-state index contributed by atoms with van der Waals surface area (Å²) in [6.07, 6.45) is 8.40. The van der Waals surface area contributed by atoms with E-state index in [9.17, 15) is 0 Å². The Balaban J connectivity index is 2.67. The van der Waals surface area contributed by atoms with E-state index in [4.69, 9.17) is 0 Å². The van der Waals surface area contributed by atoms with Gasteiger partial charge < -0.3 is 0 Å². The van der Waals surface area contributed by atoms with Crippen molar-refractivity contribution in [3.05, 3.63) is 35.9 Å². The fourth-order valence-corrected chi connectivity index (χ4v) is 15.2. The highest BCUT2D eigenvalue weighted by Gasteiger charge is 1.69. The summed E-state index contributed by atoms with van der Waals surface area (Å²) in [5.41, 5.74) is 0. The third-order valence-corrected chi connectivity index (χ3v) is 14.6. The van der Waals surface area contributed by atoms with Gasteiger partial charge in [0.25, 0.3) is 0 Å². The zero-order chi connectivity index (χ0) is 8.49. The highest BCUT2D eigenvalue weighted by molar-refractivity contribution is 8.48. The summed E-state index contributed by atoms with van der Waals surface area (Å²) >= 11 is 0. The van der Waals surface area contributed by atoms with Crippen molar-refractivity contribution in [1.29, 1.82) is 0 Å². The van der Waals surface area contributed by atoms with Gasteiger partial charge >= 0.3 is 0 Å². The lowest BCUT2D eigenvalue weighted by Gasteiger charge is -1.74. The second-order valence-corrected chi connectivity index (χ2v) is 13.4. The van der Waals surface area contributed by atoms with Crippen LogP contribution in [0.2, 0.25) is 0 Å². The fourth-order valence-electron chi connectivity index (χ4n) is 0.446. The summed E-state index contributed by atoms with van der Waals surface area (Å²) in [4.78, 5) is 0. The van der Waals surface area contributed by atoms with E-state index >= 15 is 0 Å². The fraction of sp³-hybridized carbons (Fsp3) is 0. The summed E-state index contributed by atoms with van der Waals surface area (Å²) in [6.45, 7) is 0. The maximum Gasteiger partial charge on any atom is -0.000379 e. The van der Waals surface area contributed by atoms with Crippen LogP contribution in [0.3, 0.4) is 0 Å². The van der Waals surface area contributed by atoms with Crippen molar-refractivity contribution in [2.24, 2.45) is 0 Å². The van der Waals surface area contributed by atoms with Crippen LogP contribution in [0.25, 0.3) is 0 Å². The molecule has 1 aliphatic rings. The Morgan fingerprint density at radius 2 is 1.00 bits per heavy atom. The minimum Gasteiger partial charge on any atom is -0.0619 e. The first-order chi connectivity index (χ1) is 6.00. The molecule has 0 aromatic rings. The first kappa shape index (κ1) is 11.1. The topological polar surface area (TPSA) is 0 Å². The smallest absolute Gasteiger partial charge is 0.000379 e. The van der Waals surface area contributed by atoms with E-state index in [1.165, 1.54) is 46.0 Å². The molecule has 1 heterocycles. The summed E-state index contributed by atoms with van der Waals surface area (Å²) in [5, 5.41) is 0. The molecule has 0 aliphatic carbocycles. The average Bonchev–Trinajstić information content (AvgIpc) is 2.05. The molecule has 0 radical (unpaired) electrons. The van der Waals surface area contributed by atoms with Gasteiger partial charge in [0.2, 0.25) is 0 Å². The molecule has 6 heteroatoms. The molecule has 0 bridgehead atoms. The Labute approximate surface area is 82.0 Å². The highest BCUT2D eigenvalue weighted by Crippen LogP contribution is 2.46. The van der Waals surface area contributed by atoms with Crippen molar-refractivity contribution in [2.75, 3.05) is 0 Å². The SMILES string of the molecule is C1=C/C=C\P=PP=PP=PC=C1. The van der Waals surface area contributed by atoms with Crippen LogP contribution in [-0.4, -0.2) is 0 Å². The molecule has 0 nitrogen and oxygen atoms in total. The van der Waals surface area contributed by atoms with Crippen molar-refractivity contribution in [1.82, 2.24) is 0 Å². The molecule has 0 fully saturated rings. The van der Waals surface area contributed by atoms with Crippen LogP contribution < -0.4 is 0 Å². The molecule has 0 aromatic heterocycles. The molecule has 0 spiro atoms. The van der Waals surface area contributed by atoms with E-state index in [0.29, 0.717) is 0 Å². The van der Waals surface area contributed by atoms with Gasteiger partial charge in [-0.05, 0) is 57.6 Å². The van der Waals surface area contributed by atoms with Crippen LogP contribution in [0.1, 0.15) is 0 Å². The van der Waals surface area contributed by atoms with Gasteiger partial charge in [-0.15, -0.1) is 0 Å². The summed E-state index contributed by atoms with van der Waals surface area (Å²) < 4.78 is 0. The molecular weight excluding hydrogens is 258 g/mol. The van der Waals surface area contributed by atoms with Gasteiger partial charge in [-0.2, -0.15) is 0 Å². The van der Waals surface area contributed by atoms with Gasteiger partial charge in [-0.25, -0.2) is 0 Å². The van der Waals surface area contributed by atoms with E-state index in [0.717, 1.165) is 0 Å². The minimum absolute atomic E-state index is 1.41. The average molecular weight is 264 g/mol. The number of hydrogen-bond donors (Lipinski definition) is 0. The number of allylic oxidation sites excluding steroid dienone is 4. The van der Waals surface area contributed by atoms with E-state index in [-0.39, 0.29) is 0 Å². The minimum atomic E-state index is 1.41. The molecule has 0 aromatic carbocycles. The van der Waals surface area contributed by atoms with Gasteiger partial charge in [0.05, 0.1) is 0 Å². The number of hydrogen-bond acceptors (Lipinski definition) is 0. The summed E-state index contributed by atoms with van der Waals surface area (Å²) in [7, 11) is 8.87. The molecule has 0 amide bonds. The molecular formula is C6H6P6. The predicted molar refractivity (Wildman–Crippen MR) is 68.9 cm³/mol. The molecule has 12 heavy (non-hydrogen) atoms. The van der Waals surface area contributed by atoms with Crippen LogP contribution in [0.15, 0.2) is 35.9 Å². The third-order valence-electron chi connectivity index (χ3n) is 0.862. The summed E-state index contributed by atoms with van der Waals surface area (Å²) in [5.74, 6) is 4.40. The Bertz CT molecular complexity index is 181. The molecule has 0 saturated heterocycles. The Kier molecular flexibility index (Phi) is 7.96. The van der Waals surface area contributed by atoms with E-state index < -0.39 is 0 Å². The largest absolute Gasteiger partial charge is 0.0619 e. The van der Waals surface area contributed by atoms with Crippen LogP contribution >= 0.6 is 46.0 Å². The van der Waals surface area contributed by atoms with E-state index in [1.54, 1.807) is 0 Å². The van der Waals surface area contributed by atoms with Crippen LogP contribution in [-0.2, 0) is 0 Å². The molecule has 0 unspecified atom stereocenters. The zero-order valence-corrected chi connectivity index (χ0v) is 11.5. The molecule has 1 rings (SSSR count). The van der Waals surface area contributed by atoms with Crippen molar-refractivity contribution in [3.63, 3.8) is 0 Å². The van der Waals surface area contributed by atoms with Gasteiger partial charge in [0.15, 0.2) is 0 Å². The predicted octanol–water partition coefficient (Wildman–Crippen LogP) is 6.84. The second kappa shape index (κ2) is 8.61. The molecule has 1 aliphatic heterocycles. The van der Waals surface area contributed by atoms with Gasteiger partial charge in [0, 0.05) is 0 Å². The van der Waals surface area contributed by atoms with Crippen molar-refractivity contribution in [3.8, 4) is 0 Å². The normalized spacial score (nSPS) is 26.7. The van der Waals surface area contributed by atoms with Crippen molar-refractivity contribution < 1.29 is 0 Å². The quantitative estimate of drug-likeness (QED) is 0.420. The maximum absolute atomic E-state index is 2.20. The maximum atomic E-state index is 2.20. The monoisotopic (exact) mass is 264 g/mol. The summed E-state index contributed by atoms with van der Waals surface area (Å²) in [6, 6.07) is 0. The van der Waals surface area contributed by atoms with Crippen LogP contribution in [0.4, 0.5) is 0 Å². The lowest BCUT2D eigenvalue weighted by molar-refractivity contribution is 1.96. The molecule has 60 valence electrons. The molecule has 0 N–H and O–H groups in total. The molecule has 0 saturated carbocycles. The van der Waals surface area contributed by atoms with Crippen molar-refractivity contribution in [2.45, 2.75) is 0 Å². The standard InChI is InChI=1S/C6H6P6/c1-2-4-6-8-10-12-11-9-7-5-3-1/h1-6H/b2-1?,3-1?,4-2?,5-3-,6-4?. The lowest BCUT2D eigenvalue weighted by atomic mass is 10.5. The van der Waals surface area contributed by atoms with Crippen LogP contribution in [0, 0.1) is 0 Å².